The quantitative estimate of drug-likeness (QED) is 0.917. The number of anilines is 1. The van der Waals surface area contributed by atoms with E-state index < -0.39 is 0 Å². The first-order chi connectivity index (χ1) is 9.56. The van der Waals surface area contributed by atoms with Gasteiger partial charge in [-0.1, -0.05) is 11.6 Å². The molecule has 104 valence electrons. The third-order valence-electron chi connectivity index (χ3n) is 2.56. The molecule has 0 unspecified atom stereocenters. The highest BCUT2D eigenvalue weighted by Crippen LogP contribution is 2.21. The van der Waals surface area contributed by atoms with Crippen molar-refractivity contribution in [2.45, 2.75) is 19.8 Å². The molecule has 0 aliphatic carbocycles. The highest BCUT2D eigenvalue weighted by Gasteiger charge is 2.11. The van der Waals surface area contributed by atoms with Crippen LogP contribution in [0, 0.1) is 0 Å². The average molecular weight is 293 g/mol. The fourth-order valence-electron chi connectivity index (χ4n) is 1.56. The maximum absolute atomic E-state index is 11.6. The van der Waals surface area contributed by atoms with Crippen LogP contribution in [-0.4, -0.2) is 26.5 Å². The molecule has 0 aliphatic heterocycles. The van der Waals surface area contributed by atoms with Crippen LogP contribution in [0.25, 0.3) is 5.69 Å². The van der Waals surface area contributed by atoms with Gasteiger partial charge in [-0.3, -0.25) is 9.78 Å². The summed E-state index contributed by atoms with van der Waals surface area (Å²) in [6, 6.07) is 3.59. The Hall–Kier alpha value is -2.21. The molecule has 1 amide bonds. The van der Waals surface area contributed by atoms with Crippen LogP contribution in [0.3, 0.4) is 0 Å². The largest absolute Gasteiger partial charge is 0.322 e. The maximum atomic E-state index is 11.6. The Labute approximate surface area is 120 Å². The number of carbonyl (C=O) groups is 2. The van der Waals surface area contributed by atoms with Crippen LogP contribution in [0.1, 0.15) is 19.8 Å². The van der Waals surface area contributed by atoms with E-state index in [1.807, 2.05) is 6.07 Å². The molecule has 0 saturated heterocycles. The van der Waals surface area contributed by atoms with Crippen molar-refractivity contribution >= 4 is 29.0 Å². The van der Waals surface area contributed by atoms with Crippen molar-refractivity contribution in [3.05, 3.63) is 35.9 Å². The first-order valence-corrected chi connectivity index (χ1v) is 6.39. The number of carbonyl (C=O) groups excluding carboxylic acids is 2. The van der Waals surface area contributed by atoms with Crippen LogP contribution in [0.4, 0.5) is 5.69 Å². The van der Waals surface area contributed by atoms with Gasteiger partial charge in [-0.2, -0.15) is 5.10 Å². The number of amides is 1. The Morgan fingerprint density at radius 1 is 1.40 bits per heavy atom. The predicted octanol–water partition coefficient (Wildman–Crippen LogP) is 2.23. The van der Waals surface area contributed by atoms with Crippen LogP contribution in [0.5, 0.6) is 0 Å². The maximum Gasteiger partial charge on any atom is 0.224 e. The molecule has 1 N–H and O–H groups in total. The summed E-state index contributed by atoms with van der Waals surface area (Å²) in [6.07, 6.45) is 5.22. The van der Waals surface area contributed by atoms with Gasteiger partial charge in [0.15, 0.2) is 5.15 Å². The highest BCUT2D eigenvalue weighted by atomic mass is 35.5. The van der Waals surface area contributed by atoms with Crippen molar-refractivity contribution in [3.8, 4) is 5.69 Å². The number of nitrogens with one attached hydrogen (secondary N) is 1. The lowest BCUT2D eigenvalue weighted by atomic mass is 10.2. The number of ketones is 1. The van der Waals surface area contributed by atoms with Crippen LogP contribution < -0.4 is 5.32 Å². The second-order valence-electron chi connectivity index (χ2n) is 4.24. The zero-order chi connectivity index (χ0) is 14.5. The molecular formula is C13H13ClN4O2. The number of pyridine rings is 1. The molecule has 0 aliphatic rings. The van der Waals surface area contributed by atoms with E-state index >= 15 is 0 Å². The number of rotatable bonds is 5. The van der Waals surface area contributed by atoms with Gasteiger partial charge in [-0.15, -0.1) is 0 Å². The summed E-state index contributed by atoms with van der Waals surface area (Å²) < 4.78 is 1.52. The van der Waals surface area contributed by atoms with Gasteiger partial charge in [-0.25, -0.2) is 4.68 Å². The van der Waals surface area contributed by atoms with Gasteiger partial charge in [0, 0.05) is 19.0 Å². The van der Waals surface area contributed by atoms with E-state index in [0.29, 0.717) is 5.69 Å². The SMILES string of the molecule is CC(=O)CCC(=O)Nc1cn(-c2cccnc2)nc1Cl. The van der Waals surface area contributed by atoms with Crippen molar-refractivity contribution < 1.29 is 9.59 Å². The Morgan fingerprint density at radius 2 is 2.20 bits per heavy atom. The second-order valence-corrected chi connectivity index (χ2v) is 4.60. The fraction of sp³-hybridized carbons (Fsp3) is 0.231. The summed E-state index contributed by atoms with van der Waals surface area (Å²) in [7, 11) is 0. The lowest BCUT2D eigenvalue weighted by Crippen LogP contribution is -2.12. The second kappa shape index (κ2) is 6.29. The number of hydrogen-bond donors (Lipinski definition) is 1. The van der Waals surface area contributed by atoms with Gasteiger partial charge in [0.05, 0.1) is 23.8 Å². The van der Waals surface area contributed by atoms with E-state index in [1.165, 1.54) is 11.6 Å². The van der Waals surface area contributed by atoms with E-state index in [2.05, 4.69) is 15.4 Å². The van der Waals surface area contributed by atoms with Crippen molar-refractivity contribution in [2.75, 3.05) is 5.32 Å². The monoisotopic (exact) mass is 292 g/mol. The van der Waals surface area contributed by atoms with Gasteiger partial charge < -0.3 is 10.1 Å². The van der Waals surface area contributed by atoms with Crippen LogP contribution in [-0.2, 0) is 9.59 Å². The minimum atomic E-state index is -0.271. The van der Waals surface area contributed by atoms with Crippen molar-refractivity contribution in [2.24, 2.45) is 0 Å². The molecule has 2 aromatic heterocycles. The third-order valence-corrected chi connectivity index (χ3v) is 2.84. The number of aromatic nitrogens is 3. The van der Waals surface area contributed by atoms with E-state index in [4.69, 9.17) is 11.6 Å². The molecule has 0 bridgehead atoms. The number of nitrogens with zero attached hydrogens (tertiary/aromatic N) is 3. The molecule has 20 heavy (non-hydrogen) atoms. The van der Waals surface area contributed by atoms with Gasteiger partial charge in [0.2, 0.25) is 5.91 Å². The molecule has 2 rings (SSSR count). The summed E-state index contributed by atoms with van der Waals surface area (Å²) in [4.78, 5) is 26.5. The molecule has 2 aromatic rings. The summed E-state index contributed by atoms with van der Waals surface area (Å²) in [5.74, 6) is -0.301. The van der Waals surface area contributed by atoms with E-state index in [9.17, 15) is 9.59 Å². The number of halogens is 1. The van der Waals surface area contributed by atoms with Crippen molar-refractivity contribution in [1.82, 2.24) is 14.8 Å². The molecule has 0 aromatic carbocycles. The Bertz CT molecular complexity index is 625. The smallest absolute Gasteiger partial charge is 0.224 e. The summed E-state index contributed by atoms with van der Waals surface area (Å²) >= 11 is 5.97. The lowest BCUT2D eigenvalue weighted by molar-refractivity contribution is -0.121. The highest BCUT2D eigenvalue weighted by molar-refractivity contribution is 6.32. The van der Waals surface area contributed by atoms with E-state index in [-0.39, 0.29) is 29.7 Å². The van der Waals surface area contributed by atoms with Gasteiger partial charge in [0.25, 0.3) is 0 Å². The van der Waals surface area contributed by atoms with E-state index in [1.54, 1.807) is 24.7 Å². The van der Waals surface area contributed by atoms with Crippen molar-refractivity contribution in [1.29, 1.82) is 0 Å². The zero-order valence-corrected chi connectivity index (χ0v) is 11.6. The molecule has 0 spiro atoms. The first kappa shape index (κ1) is 14.2. The van der Waals surface area contributed by atoms with Gasteiger partial charge in [-0.05, 0) is 19.1 Å². The molecule has 6 nitrogen and oxygen atoms in total. The normalized spacial score (nSPS) is 10.3. The first-order valence-electron chi connectivity index (χ1n) is 6.01. The Balaban J connectivity index is 2.08. The molecule has 0 radical (unpaired) electrons. The molecule has 2 heterocycles. The third kappa shape index (κ3) is 3.64. The molecule has 0 fully saturated rings. The Kier molecular flexibility index (Phi) is 4.47. The predicted molar refractivity (Wildman–Crippen MR) is 74.9 cm³/mol. The Morgan fingerprint density at radius 3 is 2.85 bits per heavy atom. The molecular weight excluding hydrogens is 280 g/mol. The summed E-state index contributed by atoms with van der Waals surface area (Å²) in [5, 5.41) is 6.90. The molecule has 0 saturated carbocycles. The number of Topliss-reactive ketones (excluding diaryl/α,β-unsaturated/α-hetero) is 1. The summed E-state index contributed by atoms with van der Waals surface area (Å²) in [5.41, 5.74) is 1.14. The van der Waals surface area contributed by atoms with Gasteiger partial charge >= 0.3 is 0 Å². The molecule has 7 heteroatoms. The average Bonchev–Trinajstić information content (AvgIpc) is 2.79. The minimum Gasteiger partial charge on any atom is -0.322 e. The standard InChI is InChI=1S/C13H13ClN4O2/c1-9(19)4-5-12(20)16-11-8-18(17-13(11)14)10-3-2-6-15-7-10/h2-3,6-8H,4-5H2,1H3,(H,16,20). The van der Waals surface area contributed by atoms with Crippen LogP contribution in [0.2, 0.25) is 5.15 Å². The molecule has 0 atom stereocenters. The zero-order valence-electron chi connectivity index (χ0n) is 10.8. The van der Waals surface area contributed by atoms with Gasteiger partial charge in [0.1, 0.15) is 5.78 Å². The van der Waals surface area contributed by atoms with Crippen LogP contribution >= 0.6 is 11.6 Å². The lowest BCUT2D eigenvalue weighted by Gasteiger charge is -2.01. The fourth-order valence-corrected chi connectivity index (χ4v) is 1.74. The summed E-state index contributed by atoms with van der Waals surface area (Å²) in [6.45, 7) is 1.45. The van der Waals surface area contributed by atoms with Crippen LogP contribution in [0.15, 0.2) is 30.7 Å². The minimum absolute atomic E-state index is 0.0303. The van der Waals surface area contributed by atoms with E-state index in [0.717, 1.165) is 5.69 Å². The number of hydrogen-bond acceptors (Lipinski definition) is 4. The topological polar surface area (TPSA) is 76.9 Å². The van der Waals surface area contributed by atoms with Crippen molar-refractivity contribution in [3.63, 3.8) is 0 Å².